The zero-order valence-corrected chi connectivity index (χ0v) is 21.1. The molecule has 0 amide bonds. The fourth-order valence-corrected chi connectivity index (χ4v) is 6.34. The number of carbonyl (C=O) groups is 1. The van der Waals surface area contributed by atoms with Crippen LogP contribution in [0.25, 0.3) is 0 Å². The van der Waals surface area contributed by atoms with Crippen LogP contribution in [0.3, 0.4) is 0 Å². The molecule has 0 atom stereocenters. The molecular formula is C27H32F2O5S. The predicted molar refractivity (Wildman–Crippen MR) is 128 cm³/mol. The minimum Gasteiger partial charge on any atom is -0.481 e. The van der Waals surface area contributed by atoms with E-state index in [1.807, 2.05) is 0 Å². The number of halogens is 2. The number of sulfone groups is 1. The van der Waals surface area contributed by atoms with Gasteiger partial charge in [0.05, 0.1) is 27.8 Å². The molecule has 2 aromatic carbocycles. The normalized spacial score (nSPS) is 25.1. The van der Waals surface area contributed by atoms with Crippen LogP contribution in [0.4, 0.5) is 8.78 Å². The Labute approximate surface area is 205 Å². The van der Waals surface area contributed by atoms with Gasteiger partial charge in [0.1, 0.15) is 11.6 Å². The van der Waals surface area contributed by atoms with Crippen molar-refractivity contribution in [2.45, 2.75) is 80.5 Å². The summed E-state index contributed by atoms with van der Waals surface area (Å²) in [6, 6.07) is 8.37. The number of aliphatic carboxylic acids is 1. The Hall–Kier alpha value is -2.32. The van der Waals surface area contributed by atoms with Crippen LogP contribution in [-0.4, -0.2) is 31.4 Å². The lowest BCUT2D eigenvalue weighted by Crippen LogP contribution is -2.46. The molecule has 1 N–H and O–H groups in total. The third-order valence-electron chi connectivity index (χ3n) is 7.76. The molecule has 2 saturated carbocycles. The van der Waals surface area contributed by atoms with E-state index in [-0.39, 0.29) is 36.1 Å². The molecule has 5 nitrogen and oxygen atoms in total. The van der Waals surface area contributed by atoms with Gasteiger partial charge in [-0.3, -0.25) is 4.79 Å². The Kier molecular flexibility index (Phi) is 6.83. The zero-order valence-electron chi connectivity index (χ0n) is 20.3. The second-order valence-corrected chi connectivity index (χ2v) is 12.8. The average molecular weight is 507 g/mol. The molecule has 0 unspecified atom stereocenters. The summed E-state index contributed by atoms with van der Waals surface area (Å²) in [5.74, 6) is -1.66. The van der Waals surface area contributed by atoms with E-state index in [4.69, 9.17) is 4.74 Å². The third kappa shape index (κ3) is 4.75. The summed E-state index contributed by atoms with van der Waals surface area (Å²) < 4.78 is 61.1. The summed E-state index contributed by atoms with van der Waals surface area (Å²) in [5, 5.41) is 9.48. The van der Waals surface area contributed by atoms with Crippen LogP contribution in [-0.2, 0) is 30.4 Å². The van der Waals surface area contributed by atoms with E-state index in [0.29, 0.717) is 23.7 Å². The Bertz CT molecular complexity index is 1210. The Morgan fingerprint density at radius 1 is 1.06 bits per heavy atom. The lowest BCUT2D eigenvalue weighted by Gasteiger charge is -2.45. The minimum absolute atomic E-state index is 0.0505. The van der Waals surface area contributed by atoms with Crippen molar-refractivity contribution in [2.24, 2.45) is 5.92 Å². The lowest BCUT2D eigenvalue weighted by atomic mass is 9.63. The van der Waals surface area contributed by atoms with Crippen molar-refractivity contribution in [1.82, 2.24) is 0 Å². The summed E-state index contributed by atoms with van der Waals surface area (Å²) in [6.45, 7) is 5.03. The number of hydrogen-bond donors (Lipinski definition) is 1. The van der Waals surface area contributed by atoms with Crippen LogP contribution in [0.5, 0.6) is 0 Å². The van der Waals surface area contributed by atoms with E-state index >= 15 is 4.39 Å². The maximum atomic E-state index is 15.1. The average Bonchev–Trinajstić information content (AvgIpc) is 3.64. The number of ether oxygens (including phenoxy) is 1. The molecule has 0 saturated heterocycles. The molecule has 2 aliphatic carbocycles. The lowest BCUT2D eigenvalue weighted by molar-refractivity contribution is -0.151. The maximum Gasteiger partial charge on any atom is 0.314 e. The number of rotatable bonds is 8. The molecule has 0 aromatic heterocycles. The zero-order chi connectivity index (χ0) is 25.6. The van der Waals surface area contributed by atoms with Gasteiger partial charge in [0.15, 0.2) is 9.84 Å². The predicted octanol–water partition coefficient (Wildman–Crippen LogP) is 5.67. The van der Waals surface area contributed by atoms with Crippen molar-refractivity contribution in [1.29, 1.82) is 0 Å². The molecule has 2 aromatic rings. The van der Waals surface area contributed by atoms with Crippen LogP contribution in [0.2, 0.25) is 0 Å². The SMILES string of the molecule is Cc1c(F)cc([C@]2(OCC3CC3)CC[C@](C(=O)O)(c3ccc(F)cc3)CC2)cc1S(=O)(=O)C(C)C. The Balaban J connectivity index is 1.76. The Morgan fingerprint density at radius 2 is 1.66 bits per heavy atom. The van der Waals surface area contributed by atoms with Crippen molar-refractivity contribution in [3.05, 3.63) is 64.7 Å². The van der Waals surface area contributed by atoms with Gasteiger partial charge in [-0.15, -0.1) is 0 Å². The van der Waals surface area contributed by atoms with Gasteiger partial charge in [-0.2, -0.15) is 0 Å². The fourth-order valence-electron chi connectivity index (χ4n) is 5.02. The number of benzene rings is 2. The maximum absolute atomic E-state index is 15.1. The topological polar surface area (TPSA) is 80.7 Å². The van der Waals surface area contributed by atoms with E-state index in [9.17, 15) is 22.7 Å². The minimum atomic E-state index is -3.75. The van der Waals surface area contributed by atoms with Gasteiger partial charge < -0.3 is 9.84 Å². The largest absolute Gasteiger partial charge is 0.481 e. The van der Waals surface area contributed by atoms with Gasteiger partial charge >= 0.3 is 5.97 Å². The summed E-state index contributed by atoms with van der Waals surface area (Å²) in [7, 11) is -3.75. The van der Waals surface area contributed by atoms with Crippen molar-refractivity contribution in [2.75, 3.05) is 6.61 Å². The highest BCUT2D eigenvalue weighted by Gasteiger charge is 2.50. The molecule has 2 aliphatic rings. The smallest absolute Gasteiger partial charge is 0.314 e. The quantitative estimate of drug-likeness (QED) is 0.499. The van der Waals surface area contributed by atoms with E-state index in [1.54, 1.807) is 13.8 Å². The van der Waals surface area contributed by atoms with Crippen molar-refractivity contribution in [3.8, 4) is 0 Å². The molecule has 0 heterocycles. The summed E-state index contributed by atoms with van der Waals surface area (Å²) in [4.78, 5) is 12.4. The van der Waals surface area contributed by atoms with Crippen molar-refractivity contribution >= 4 is 15.8 Å². The van der Waals surface area contributed by atoms with Crippen LogP contribution in [0.15, 0.2) is 41.3 Å². The molecular weight excluding hydrogens is 474 g/mol. The molecule has 0 aliphatic heterocycles. The summed E-state index contributed by atoms with van der Waals surface area (Å²) in [6.07, 6.45) is 3.01. The van der Waals surface area contributed by atoms with Crippen LogP contribution in [0.1, 0.15) is 69.1 Å². The molecule has 190 valence electrons. The Morgan fingerprint density at radius 3 is 2.17 bits per heavy atom. The molecule has 2 fully saturated rings. The van der Waals surface area contributed by atoms with Crippen molar-refractivity contribution in [3.63, 3.8) is 0 Å². The molecule has 0 spiro atoms. The number of carboxylic acids is 1. The van der Waals surface area contributed by atoms with Gasteiger partial charge in [0.25, 0.3) is 0 Å². The molecule has 4 rings (SSSR count). The number of hydrogen-bond acceptors (Lipinski definition) is 4. The van der Waals surface area contributed by atoms with Gasteiger partial charge in [0.2, 0.25) is 0 Å². The van der Waals surface area contributed by atoms with Crippen LogP contribution in [0, 0.1) is 24.5 Å². The van der Waals surface area contributed by atoms with Crippen molar-refractivity contribution < 1.29 is 31.8 Å². The van der Waals surface area contributed by atoms with E-state index in [1.165, 1.54) is 43.3 Å². The van der Waals surface area contributed by atoms with E-state index in [2.05, 4.69) is 0 Å². The summed E-state index contributed by atoms with van der Waals surface area (Å²) >= 11 is 0. The van der Waals surface area contributed by atoms with Gasteiger partial charge in [-0.1, -0.05) is 12.1 Å². The fraction of sp³-hybridized carbons (Fsp3) is 0.519. The standard InChI is InChI=1S/C27H32F2O5S/c1-17(2)35(32,33)24-15-21(14-23(29)18(24)3)27(34-16-19-4-5-19)12-10-26(11-13-27,25(30)31)20-6-8-22(28)9-7-20/h6-9,14-15,17,19H,4-5,10-13,16H2,1-3H3,(H,30,31)/t26-,27+. The monoisotopic (exact) mass is 506 g/mol. The van der Waals surface area contributed by atoms with Gasteiger partial charge in [-0.25, -0.2) is 17.2 Å². The highest BCUT2D eigenvalue weighted by molar-refractivity contribution is 7.92. The van der Waals surface area contributed by atoms with Crippen LogP contribution < -0.4 is 0 Å². The first-order chi connectivity index (χ1) is 16.4. The van der Waals surface area contributed by atoms with Crippen LogP contribution >= 0.6 is 0 Å². The number of carboxylic acid groups (broad SMARTS) is 1. The first-order valence-electron chi connectivity index (χ1n) is 12.1. The van der Waals surface area contributed by atoms with Gasteiger partial charge in [-0.05, 0) is 101 Å². The first-order valence-corrected chi connectivity index (χ1v) is 13.6. The highest BCUT2D eigenvalue weighted by Crippen LogP contribution is 2.51. The second kappa shape index (κ2) is 9.28. The molecule has 8 heteroatoms. The second-order valence-electron chi connectivity index (χ2n) is 10.3. The molecule has 0 radical (unpaired) electrons. The summed E-state index contributed by atoms with van der Waals surface area (Å²) in [5.41, 5.74) is -1.21. The van der Waals surface area contributed by atoms with E-state index in [0.717, 1.165) is 12.8 Å². The van der Waals surface area contributed by atoms with E-state index < -0.39 is 43.7 Å². The highest BCUT2D eigenvalue weighted by atomic mass is 32.2. The molecule has 35 heavy (non-hydrogen) atoms. The van der Waals surface area contributed by atoms with Gasteiger partial charge in [0, 0.05) is 5.56 Å². The third-order valence-corrected chi connectivity index (χ3v) is 10.0. The molecule has 0 bridgehead atoms. The first kappa shape index (κ1) is 25.8.